The minimum absolute atomic E-state index is 0.264. The average Bonchev–Trinajstić information content (AvgIpc) is 2.74. The van der Waals surface area contributed by atoms with Gasteiger partial charge in [0.2, 0.25) is 0 Å². The molecule has 0 saturated heterocycles. The molecule has 4 heteroatoms. The lowest BCUT2D eigenvalue weighted by Gasteiger charge is -2.20. The number of hydrogen-bond acceptors (Lipinski definition) is 4. The highest BCUT2D eigenvalue weighted by Gasteiger charge is 2.18. The highest BCUT2D eigenvalue weighted by Crippen LogP contribution is 2.43. The van der Waals surface area contributed by atoms with Crippen molar-refractivity contribution in [2.45, 2.75) is 36.2 Å². The molecule has 1 atom stereocenters. The summed E-state index contributed by atoms with van der Waals surface area (Å²) in [6, 6.07) is 30.6. The summed E-state index contributed by atoms with van der Waals surface area (Å²) in [6.45, 7) is 3.59. The molecule has 0 amide bonds. The predicted molar refractivity (Wildman–Crippen MR) is 123 cm³/mol. The zero-order valence-corrected chi connectivity index (χ0v) is 18.2. The van der Waals surface area contributed by atoms with Gasteiger partial charge in [-0.2, -0.15) is 0 Å². The molecule has 1 unspecified atom stereocenters. The van der Waals surface area contributed by atoms with Crippen LogP contribution in [0.3, 0.4) is 0 Å². The second-order valence-corrected chi connectivity index (χ2v) is 9.04. The molecule has 0 bridgehead atoms. The van der Waals surface area contributed by atoms with Crippen molar-refractivity contribution in [1.82, 2.24) is 0 Å². The fraction of sp³-hybridized carbons (Fsp3) is 0.160. The van der Waals surface area contributed by atoms with Crippen LogP contribution in [0.15, 0.2) is 111 Å². The molecule has 0 saturated carbocycles. The fourth-order valence-corrected chi connectivity index (χ4v) is 5.12. The number of carbonyl (C=O) groups is 1. The molecule has 3 aromatic carbocycles. The van der Waals surface area contributed by atoms with Crippen molar-refractivity contribution >= 4 is 29.5 Å². The molecule has 0 heterocycles. The lowest BCUT2D eigenvalue weighted by Crippen LogP contribution is -2.09. The van der Waals surface area contributed by atoms with Crippen molar-refractivity contribution in [1.29, 1.82) is 0 Å². The molecule has 148 valence electrons. The minimum atomic E-state index is -0.295. The van der Waals surface area contributed by atoms with Gasteiger partial charge >= 0.3 is 5.97 Å². The minimum Gasteiger partial charge on any atom is -0.457 e. The molecule has 0 spiro atoms. The van der Waals surface area contributed by atoms with Crippen molar-refractivity contribution in [3.8, 4) is 0 Å². The van der Waals surface area contributed by atoms with Crippen LogP contribution in [0.5, 0.6) is 0 Å². The molecular weight excluding hydrogens is 396 g/mol. The standard InChI is InChI=1S/C25H24O2S2/c1-19(18-24(27-20(2)26)21-12-6-3-7-13-21)25(28-22-14-8-4-9-15-22)29-23-16-10-5-11-17-23/h3-17,24H,18H2,1-2H3. The third-order valence-corrected chi connectivity index (χ3v) is 6.81. The summed E-state index contributed by atoms with van der Waals surface area (Å²) in [4.78, 5) is 14.1. The molecule has 0 radical (unpaired) electrons. The predicted octanol–water partition coefficient (Wildman–Crippen LogP) is 7.50. The number of thioether (sulfide) groups is 2. The molecule has 0 aliphatic carbocycles. The van der Waals surface area contributed by atoms with E-state index in [1.807, 2.05) is 66.7 Å². The Morgan fingerprint density at radius 1 is 0.759 bits per heavy atom. The number of rotatable bonds is 8. The number of benzene rings is 3. The monoisotopic (exact) mass is 420 g/mol. The quantitative estimate of drug-likeness (QED) is 0.278. The Morgan fingerprint density at radius 2 is 1.21 bits per heavy atom. The van der Waals surface area contributed by atoms with E-state index in [0.29, 0.717) is 6.42 Å². The summed E-state index contributed by atoms with van der Waals surface area (Å²) in [5, 5.41) is 0. The van der Waals surface area contributed by atoms with Gasteiger partial charge < -0.3 is 4.74 Å². The average molecular weight is 421 g/mol. The maximum absolute atomic E-state index is 11.7. The third kappa shape index (κ3) is 6.84. The van der Waals surface area contributed by atoms with E-state index in [0.717, 1.165) is 5.56 Å². The molecular formula is C25H24O2S2. The molecule has 3 rings (SSSR count). The Kier molecular flexibility index (Phi) is 8.03. The Morgan fingerprint density at radius 3 is 1.66 bits per heavy atom. The van der Waals surface area contributed by atoms with Crippen LogP contribution < -0.4 is 0 Å². The lowest BCUT2D eigenvalue weighted by molar-refractivity contribution is -0.146. The van der Waals surface area contributed by atoms with Crippen molar-refractivity contribution < 1.29 is 9.53 Å². The van der Waals surface area contributed by atoms with Crippen molar-refractivity contribution in [3.05, 3.63) is 106 Å². The van der Waals surface area contributed by atoms with E-state index < -0.39 is 0 Å². The van der Waals surface area contributed by atoms with Gasteiger partial charge in [-0.15, -0.1) is 0 Å². The SMILES string of the molecule is CC(=O)OC(CC(C)=C(Sc1ccccc1)Sc1ccccc1)c1ccccc1. The molecule has 0 aliphatic heterocycles. The van der Waals surface area contributed by atoms with Crippen molar-refractivity contribution in [2.75, 3.05) is 0 Å². The molecule has 2 nitrogen and oxygen atoms in total. The van der Waals surface area contributed by atoms with E-state index in [9.17, 15) is 4.79 Å². The smallest absolute Gasteiger partial charge is 0.303 e. The zero-order valence-electron chi connectivity index (χ0n) is 16.6. The highest BCUT2D eigenvalue weighted by atomic mass is 32.2. The zero-order chi connectivity index (χ0) is 20.5. The van der Waals surface area contributed by atoms with Crippen LogP contribution >= 0.6 is 23.5 Å². The van der Waals surface area contributed by atoms with Gasteiger partial charge in [-0.1, -0.05) is 90.3 Å². The van der Waals surface area contributed by atoms with E-state index in [1.165, 1.54) is 26.5 Å². The number of carbonyl (C=O) groups excluding carboxylic acids is 1. The largest absolute Gasteiger partial charge is 0.457 e. The first-order valence-corrected chi connectivity index (χ1v) is 11.1. The van der Waals surface area contributed by atoms with Crippen LogP contribution in [-0.2, 0) is 9.53 Å². The van der Waals surface area contributed by atoms with Crippen molar-refractivity contribution in [2.24, 2.45) is 0 Å². The van der Waals surface area contributed by atoms with E-state index in [2.05, 4.69) is 31.2 Å². The van der Waals surface area contributed by atoms with Crippen molar-refractivity contribution in [3.63, 3.8) is 0 Å². The van der Waals surface area contributed by atoms with Crippen LogP contribution in [0, 0.1) is 0 Å². The first kappa shape index (κ1) is 21.3. The van der Waals surface area contributed by atoms with Gasteiger partial charge in [0.15, 0.2) is 0 Å². The summed E-state index contributed by atoms with van der Waals surface area (Å²) in [6.07, 6.45) is 0.356. The Balaban J connectivity index is 1.90. The highest BCUT2D eigenvalue weighted by molar-refractivity contribution is 8.22. The second kappa shape index (κ2) is 10.9. The van der Waals surface area contributed by atoms with Crippen LogP contribution in [-0.4, -0.2) is 5.97 Å². The Hall–Kier alpha value is -2.43. The summed E-state index contributed by atoms with van der Waals surface area (Å²) in [7, 11) is 0. The lowest BCUT2D eigenvalue weighted by atomic mass is 10.0. The second-order valence-electron chi connectivity index (χ2n) is 6.61. The van der Waals surface area contributed by atoms with Crippen LogP contribution in [0.1, 0.15) is 31.9 Å². The molecule has 0 N–H and O–H groups in total. The van der Waals surface area contributed by atoms with E-state index in [-0.39, 0.29) is 12.1 Å². The Bertz CT molecular complexity index is 895. The van der Waals surface area contributed by atoms with E-state index in [4.69, 9.17) is 4.74 Å². The third-order valence-electron chi connectivity index (χ3n) is 4.23. The van der Waals surface area contributed by atoms with Crippen LogP contribution in [0.2, 0.25) is 0 Å². The molecule has 0 aromatic heterocycles. The van der Waals surface area contributed by atoms with Gasteiger partial charge in [0.1, 0.15) is 6.10 Å². The first-order valence-electron chi connectivity index (χ1n) is 9.49. The summed E-state index contributed by atoms with van der Waals surface area (Å²) >= 11 is 3.50. The van der Waals surface area contributed by atoms with Gasteiger partial charge in [-0.05, 0) is 42.3 Å². The number of hydrogen-bond donors (Lipinski definition) is 0. The van der Waals surface area contributed by atoms with Gasteiger partial charge in [-0.3, -0.25) is 4.79 Å². The molecule has 29 heavy (non-hydrogen) atoms. The first-order chi connectivity index (χ1) is 14.1. The van der Waals surface area contributed by atoms with Gasteiger partial charge in [0, 0.05) is 27.4 Å². The summed E-state index contributed by atoms with van der Waals surface area (Å²) in [5.41, 5.74) is 2.21. The molecule has 3 aromatic rings. The van der Waals surface area contributed by atoms with E-state index >= 15 is 0 Å². The van der Waals surface area contributed by atoms with Crippen LogP contribution in [0.4, 0.5) is 0 Å². The fourth-order valence-electron chi connectivity index (χ4n) is 2.84. The van der Waals surface area contributed by atoms with Gasteiger partial charge in [0.05, 0.1) is 0 Å². The normalized spacial score (nSPS) is 11.5. The van der Waals surface area contributed by atoms with Gasteiger partial charge in [-0.25, -0.2) is 0 Å². The van der Waals surface area contributed by atoms with Crippen LogP contribution in [0.25, 0.3) is 0 Å². The maximum atomic E-state index is 11.7. The van der Waals surface area contributed by atoms with E-state index in [1.54, 1.807) is 23.5 Å². The topological polar surface area (TPSA) is 26.3 Å². The molecule has 0 aliphatic rings. The molecule has 0 fully saturated rings. The van der Waals surface area contributed by atoms with Gasteiger partial charge in [0.25, 0.3) is 0 Å². The summed E-state index contributed by atoms with van der Waals surface area (Å²) in [5.74, 6) is -0.264. The maximum Gasteiger partial charge on any atom is 0.303 e. The number of ether oxygens (including phenoxy) is 1. The summed E-state index contributed by atoms with van der Waals surface area (Å²) < 4.78 is 6.87. The number of esters is 1. The Labute approximate surface area is 181 Å².